The number of ether oxygens (including phenoxy) is 2. The zero-order valence-corrected chi connectivity index (χ0v) is 13.9. The quantitative estimate of drug-likeness (QED) is 0.586. The van der Waals surface area contributed by atoms with E-state index in [0.717, 1.165) is 0 Å². The Labute approximate surface area is 150 Å². The third-order valence-electron chi connectivity index (χ3n) is 3.27. The number of nitrogens with one attached hydrogen (secondary N) is 1. The Hall–Kier alpha value is -3.79. The van der Waals surface area contributed by atoms with Crippen LogP contribution < -0.4 is 14.8 Å². The number of rotatable bonds is 7. The first kappa shape index (κ1) is 18.5. The number of carbonyl (C=O) groups is 2. The summed E-state index contributed by atoms with van der Waals surface area (Å²) in [7, 11) is 1.49. The number of benzene rings is 2. The van der Waals surface area contributed by atoms with Crippen molar-refractivity contribution in [2.75, 3.05) is 19.0 Å². The summed E-state index contributed by atoms with van der Waals surface area (Å²) >= 11 is 0. The van der Waals surface area contributed by atoms with E-state index in [4.69, 9.17) is 14.6 Å². The van der Waals surface area contributed by atoms with Crippen LogP contribution in [0.4, 0.5) is 5.69 Å². The van der Waals surface area contributed by atoms with Gasteiger partial charge in [0.05, 0.1) is 12.8 Å². The number of amides is 1. The van der Waals surface area contributed by atoms with E-state index in [0.29, 0.717) is 22.7 Å². The molecule has 0 bridgehead atoms. The lowest BCUT2D eigenvalue weighted by Crippen LogP contribution is -2.14. The Bertz CT molecular complexity index is 866. The fourth-order valence-electron chi connectivity index (χ4n) is 2.06. The molecule has 0 aliphatic carbocycles. The first-order valence-corrected chi connectivity index (χ1v) is 7.54. The van der Waals surface area contributed by atoms with Crippen LogP contribution in [0.3, 0.4) is 0 Å². The average Bonchev–Trinajstić information content (AvgIpc) is 2.65. The van der Waals surface area contributed by atoms with Crippen molar-refractivity contribution in [1.29, 1.82) is 5.26 Å². The molecule has 0 saturated carbocycles. The molecule has 0 spiro atoms. The van der Waals surface area contributed by atoms with Crippen molar-refractivity contribution in [2.45, 2.75) is 0 Å². The van der Waals surface area contributed by atoms with Gasteiger partial charge in [-0.2, -0.15) is 5.26 Å². The number of hydrogen-bond donors (Lipinski definition) is 2. The molecular weight excluding hydrogens is 336 g/mol. The molecule has 0 aliphatic rings. The molecule has 7 heteroatoms. The molecule has 2 aromatic rings. The molecule has 2 rings (SSSR count). The molecule has 0 aliphatic heterocycles. The van der Waals surface area contributed by atoms with Crippen LogP contribution >= 0.6 is 0 Å². The molecular formula is C19H16N2O5. The predicted octanol–water partition coefficient (Wildman–Crippen LogP) is 2.70. The monoisotopic (exact) mass is 352 g/mol. The van der Waals surface area contributed by atoms with Crippen molar-refractivity contribution in [3.05, 3.63) is 59.7 Å². The molecule has 0 radical (unpaired) electrons. The van der Waals surface area contributed by atoms with E-state index in [1.807, 2.05) is 6.07 Å². The number of anilines is 1. The highest BCUT2D eigenvalue weighted by atomic mass is 16.5. The summed E-state index contributed by atoms with van der Waals surface area (Å²) in [5, 5.41) is 20.5. The molecule has 7 nitrogen and oxygen atoms in total. The van der Waals surface area contributed by atoms with Gasteiger partial charge in [-0.3, -0.25) is 4.79 Å². The zero-order chi connectivity index (χ0) is 18.9. The van der Waals surface area contributed by atoms with Crippen LogP contribution in [0, 0.1) is 11.3 Å². The van der Waals surface area contributed by atoms with E-state index in [9.17, 15) is 14.9 Å². The van der Waals surface area contributed by atoms with Crippen LogP contribution in [-0.2, 0) is 9.59 Å². The first-order chi connectivity index (χ1) is 12.5. The third kappa shape index (κ3) is 5.11. The van der Waals surface area contributed by atoms with Crippen molar-refractivity contribution < 1.29 is 24.2 Å². The molecule has 0 heterocycles. The first-order valence-electron chi connectivity index (χ1n) is 7.54. The maximum Gasteiger partial charge on any atom is 0.341 e. The molecule has 1 amide bonds. The molecule has 0 atom stereocenters. The Balaban J connectivity index is 2.12. The summed E-state index contributed by atoms with van der Waals surface area (Å²) in [6.45, 7) is -0.444. The van der Waals surface area contributed by atoms with E-state index >= 15 is 0 Å². The van der Waals surface area contributed by atoms with E-state index in [2.05, 4.69) is 5.32 Å². The maximum absolute atomic E-state index is 12.3. The Morgan fingerprint density at radius 3 is 2.50 bits per heavy atom. The summed E-state index contributed by atoms with van der Waals surface area (Å²) < 4.78 is 10.2. The van der Waals surface area contributed by atoms with E-state index in [1.165, 1.54) is 13.2 Å². The fraction of sp³-hybridized carbons (Fsp3) is 0.105. The number of carboxylic acids is 1. The normalized spacial score (nSPS) is 10.5. The Morgan fingerprint density at radius 1 is 1.19 bits per heavy atom. The third-order valence-corrected chi connectivity index (χ3v) is 3.27. The maximum atomic E-state index is 12.3. The highest BCUT2D eigenvalue weighted by molar-refractivity contribution is 6.10. The lowest BCUT2D eigenvalue weighted by atomic mass is 10.1. The lowest BCUT2D eigenvalue weighted by molar-refractivity contribution is -0.139. The molecule has 132 valence electrons. The van der Waals surface area contributed by atoms with Gasteiger partial charge in [0.15, 0.2) is 6.61 Å². The second-order valence-corrected chi connectivity index (χ2v) is 5.08. The highest BCUT2D eigenvalue weighted by Crippen LogP contribution is 2.24. The van der Waals surface area contributed by atoms with Crippen molar-refractivity contribution in [2.24, 2.45) is 0 Å². The van der Waals surface area contributed by atoms with Gasteiger partial charge >= 0.3 is 5.97 Å². The summed E-state index contributed by atoms with van der Waals surface area (Å²) in [5.74, 6) is -0.781. The fourth-order valence-corrected chi connectivity index (χ4v) is 2.06. The second kappa shape index (κ2) is 8.89. The van der Waals surface area contributed by atoms with Gasteiger partial charge in [-0.05, 0) is 35.9 Å². The standard InChI is InChI=1S/C19H16N2O5/c1-25-17-5-3-2-4-16(17)21-19(24)14(11-20)10-13-6-8-15(9-7-13)26-12-18(22)23/h2-10H,12H2,1H3,(H,21,24)(H,22,23)/b14-10+. The number of nitrogens with zero attached hydrogens (tertiary/aromatic N) is 1. The van der Waals surface area contributed by atoms with Crippen LogP contribution in [0.2, 0.25) is 0 Å². The number of nitriles is 1. The Morgan fingerprint density at radius 2 is 1.88 bits per heavy atom. The molecule has 0 saturated heterocycles. The molecule has 2 N–H and O–H groups in total. The number of aliphatic carboxylic acids is 1. The minimum Gasteiger partial charge on any atom is -0.495 e. The van der Waals surface area contributed by atoms with E-state index < -0.39 is 18.5 Å². The summed E-state index contributed by atoms with van der Waals surface area (Å²) in [4.78, 5) is 22.8. The van der Waals surface area contributed by atoms with Gasteiger partial charge in [0.2, 0.25) is 0 Å². The van der Waals surface area contributed by atoms with Crippen molar-refractivity contribution in [3.63, 3.8) is 0 Å². The lowest BCUT2D eigenvalue weighted by Gasteiger charge is -2.09. The van der Waals surface area contributed by atoms with Crippen LogP contribution in [0.15, 0.2) is 54.1 Å². The van der Waals surface area contributed by atoms with Gasteiger partial charge in [-0.1, -0.05) is 24.3 Å². The van der Waals surface area contributed by atoms with Crippen molar-refractivity contribution in [3.8, 4) is 17.6 Å². The van der Waals surface area contributed by atoms with E-state index in [1.54, 1.807) is 48.5 Å². The molecule has 0 fully saturated rings. The number of para-hydroxylation sites is 2. The Kier molecular flexibility index (Phi) is 6.34. The summed E-state index contributed by atoms with van der Waals surface area (Å²) in [6.07, 6.45) is 1.42. The topological polar surface area (TPSA) is 109 Å². The van der Waals surface area contributed by atoms with Gasteiger partial charge < -0.3 is 19.9 Å². The molecule has 26 heavy (non-hydrogen) atoms. The van der Waals surface area contributed by atoms with Gasteiger partial charge in [0, 0.05) is 0 Å². The van der Waals surface area contributed by atoms with Crippen LogP contribution in [0.1, 0.15) is 5.56 Å². The number of hydrogen-bond acceptors (Lipinski definition) is 5. The van der Waals surface area contributed by atoms with Crippen molar-refractivity contribution >= 4 is 23.6 Å². The van der Waals surface area contributed by atoms with Gasteiger partial charge in [0.25, 0.3) is 5.91 Å². The van der Waals surface area contributed by atoms with Crippen LogP contribution in [0.5, 0.6) is 11.5 Å². The molecule has 0 aromatic heterocycles. The number of carboxylic acid groups (broad SMARTS) is 1. The SMILES string of the molecule is COc1ccccc1NC(=O)/C(C#N)=C/c1ccc(OCC(=O)O)cc1. The van der Waals surface area contributed by atoms with Gasteiger partial charge in [-0.25, -0.2) is 4.79 Å². The second-order valence-electron chi connectivity index (χ2n) is 5.08. The van der Waals surface area contributed by atoms with Crippen molar-refractivity contribution in [1.82, 2.24) is 0 Å². The highest BCUT2D eigenvalue weighted by Gasteiger charge is 2.12. The average molecular weight is 352 g/mol. The molecule has 0 unspecified atom stereocenters. The number of carbonyl (C=O) groups excluding carboxylic acids is 1. The minimum absolute atomic E-state index is 0.0879. The van der Waals surface area contributed by atoms with Gasteiger partial charge in [0.1, 0.15) is 23.1 Å². The summed E-state index contributed by atoms with van der Waals surface area (Å²) in [5.41, 5.74) is 0.966. The molecule has 2 aromatic carbocycles. The van der Waals surface area contributed by atoms with E-state index in [-0.39, 0.29) is 5.57 Å². The van der Waals surface area contributed by atoms with Gasteiger partial charge in [-0.15, -0.1) is 0 Å². The smallest absolute Gasteiger partial charge is 0.341 e. The summed E-state index contributed by atoms with van der Waals surface area (Å²) in [6, 6.07) is 15.1. The largest absolute Gasteiger partial charge is 0.495 e. The zero-order valence-electron chi connectivity index (χ0n) is 13.9. The minimum atomic E-state index is -1.08. The van der Waals surface area contributed by atoms with Crippen LogP contribution in [0.25, 0.3) is 6.08 Å². The number of methoxy groups -OCH3 is 1. The predicted molar refractivity (Wildman–Crippen MR) is 94.8 cm³/mol. The van der Waals surface area contributed by atoms with Crippen LogP contribution in [-0.4, -0.2) is 30.7 Å².